The summed E-state index contributed by atoms with van der Waals surface area (Å²) in [5.74, 6) is 0. The summed E-state index contributed by atoms with van der Waals surface area (Å²) in [6.45, 7) is 6.74. The van der Waals surface area contributed by atoms with Crippen LogP contribution in [0.1, 0.15) is 18.9 Å². The average Bonchev–Trinajstić information content (AvgIpc) is 2.92. The summed E-state index contributed by atoms with van der Waals surface area (Å²) >= 11 is 0. The second-order valence-electron chi connectivity index (χ2n) is 5.42. The number of hydrogen-bond acceptors (Lipinski definition) is 3. The van der Waals surface area contributed by atoms with Gasteiger partial charge in [0.25, 0.3) is 0 Å². The molecule has 0 aliphatic carbocycles. The number of nitrogens with zero attached hydrogens (tertiary/aromatic N) is 3. The topological polar surface area (TPSA) is 33.1 Å². The third kappa shape index (κ3) is 2.92. The Labute approximate surface area is 120 Å². The van der Waals surface area contributed by atoms with Crippen LogP contribution in [0, 0.1) is 0 Å². The number of rotatable bonds is 6. The zero-order valence-electron chi connectivity index (χ0n) is 12.0. The van der Waals surface area contributed by atoms with Gasteiger partial charge in [0.1, 0.15) is 0 Å². The van der Waals surface area contributed by atoms with Crippen LogP contribution in [-0.2, 0) is 6.54 Å². The molecule has 1 aromatic heterocycles. The van der Waals surface area contributed by atoms with Gasteiger partial charge < -0.3 is 9.88 Å². The molecule has 1 aliphatic heterocycles. The summed E-state index contributed by atoms with van der Waals surface area (Å²) in [7, 11) is 0. The third-order valence-electron chi connectivity index (χ3n) is 3.91. The molecular weight excluding hydrogens is 248 g/mol. The Morgan fingerprint density at radius 3 is 2.65 bits per heavy atom. The molecule has 1 N–H and O–H groups in total. The van der Waals surface area contributed by atoms with Crippen LogP contribution in [0.2, 0.25) is 0 Å². The molecule has 2 heterocycles. The predicted octanol–water partition coefficient (Wildman–Crippen LogP) is 2.06. The Bertz CT molecular complexity index is 514. The second kappa shape index (κ2) is 6.20. The summed E-state index contributed by atoms with van der Waals surface area (Å²) in [6.07, 6.45) is 6.82. The molecule has 0 saturated carbocycles. The van der Waals surface area contributed by atoms with Crippen molar-refractivity contribution in [3.8, 4) is 5.69 Å². The number of nitrogens with one attached hydrogen (secondary N) is 1. The van der Waals surface area contributed by atoms with Crippen LogP contribution >= 0.6 is 0 Å². The van der Waals surface area contributed by atoms with Gasteiger partial charge in [0.05, 0.1) is 6.33 Å². The van der Waals surface area contributed by atoms with Crippen LogP contribution in [0.5, 0.6) is 0 Å². The molecule has 2 aromatic rings. The highest BCUT2D eigenvalue weighted by atomic mass is 15.2. The second-order valence-corrected chi connectivity index (χ2v) is 5.42. The molecule has 20 heavy (non-hydrogen) atoms. The summed E-state index contributed by atoms with van der Waals surface area (Å²) in [5, 5.41) is 3.36. The highest BCUT2D eigenvalue weighted by molar-refractivity contribution is 5.34. The third-order valence-corrected chi connectivity index (χ3v) is 3.91. The van der Waals surface area contributed by atoms with E-state index in [4.69, 9.17) is 0 Å². The lowest BCUT2D eigenvalue weighted by molar-refractivity contribution is 0.138. The van der Waals surface area contributed by atoms with Crippen LogP contribution in [0.3, 0.4) is 0 Å². The molecule has 0 spiro atoms. The first kappa shape index (κ1) is 13.3. The lowest BCUT2D eigenvalue weighted by atomic mass is 10.1. The fourth-order valence-electron chi connectivity index (χ4n) is 2.63. The molecule has 0 bridgehead atoms. The average molecular weight is 270 g/mol. The molecule has 3 rings (SSSR count). The highest BCUT2D eigenvalue weighted by Gasteiger charge is 2.23. The minimum Gasteiger partial charge on any atom is -0.314 e. The first-order chi connectivity index (χ1) is 9.86. The van der Waals surface area contributed by atoms with E-state index in [0.29, 0.717) is 6.04 Å². The van der Waals surface area contributed by atoms with E-state index in [1.165, 1.54) is 24.2 Å². The van der Waals surface area contributed by atoms with Crippen LogP contribution in [0.25, 0.3) is 5.69 Å². The van der Waals surface area contributed by atoms with E-state index in [-0.39, 0.29) is 0 Å². The Balaban J connectivity index is 1.67. The van der Waals surface area contributed by atoms with Gasteiger partial charge in [0.15, 0.2) is 0 Å². The largest absolute Gasteiger partial charge is 0.314 e. The van der Waals surface area contributed by atoms with Crippen molar-refractivity contribution in [2.45, 2.75) is 25.9 Å². The van der Waals surface area contributed by atoms with E-state index in [1.807, 2.05) is 17.1 Å². The maximum atomic E-state index is 4.08. The fraction of sp³-hybridized carbons (Fsp3) is 0.438. The van der Waals surface area contributed by atoms with Gasteiger partial charge in [0.2, 0.25) is 0 Å². The van der Waals surface area contributed by atoms with Gasteiger partial charge >= 0.3 is 0 Å². The number of benzene rings is 1. The van der Waals surface area contributed by atoms with Crippen molar-refractivity contribution in [1.82, 2.24) is 19.8 Å². The normalized spacial score (nSPS) is 15.5. The van der Waals surface area contributed by atoms with Gasteiger partial charge in [-0.05, 0) is 30.7 Å². The highest BCUT2D eigenvalue weighted by Crippen LogP contribution is 2.14. The minimum absolute atomic E-state index is 0.711. The Morgan fingerprint density at radius 2 is 2.10 bits per heavy atom. The molecule has 1 saturated heterocycles. The number of imidazole rings is 1. The molecule has 0 radical (unpaired) electrons. The van der Waals surface area contributed by atoms with E-state index >= 15 is 0 Å². The predicted molar refractivity (Wildman–Crippen MR) is 80.9 cm³/mol. The van der Waals surface area contributed by atoms with E-state index in [9.17, 15) is 0 Å². The van der Waals surface area contributed by atoms with Crippen LogP contribution in [-0.4, -0.2) is 40.1 Å². The van der Waals surface area contributed by atoms with Crippen molar-refractivity contribution in [2.75, 3.05) is 19.6 Å². The van der Waals surface area contributed by atoms with Gasteiger partial charge in [-0.25, -0.2) is 4.98 Å². The summed E-state index contributed by atoms with van der Waals surface area (Å²) < 4.78 is 2.03. The summed E-state index contributed by atoms with van der Waals surface area (Å²) in [4.78, 5) is 6.67. The van der Waals surface area contributed by atoms with Crippen molar-refractivity contribution >= 4 is 0 Å². The van der Waals surface area contributed by atoms with E-state index in [1.54, 1.807) is 6.20 Å². The molecular formula is C16H22N4. The Kier molecular flexibility index (Phi) is 4.14. The molecule has 0 unspecified atom stereocenters. The monoisotopic (exact) mass is 270 g/mol. The van der Waals surface area contributed by atoms with E-state index in [0.717, 1.165) is 19.6 Å². The number of hydrogen-bond donors (Lipinski definition) is 1. The maximum Gasteiger partial charge on any atom is 0.0991 e. The maximum absolute atomic E-state index is 4.08. The van der Waals surface area contributed by atoms with Crippen LogP contribution < -0.4 is 5.32 Å². The first-order valence-corrected chi connectivity index (χ1v) is 7.39. The zero-order valence-corrected chi connectivity index (χ0v) is 12.0. The molecule has 1 aliphatic rings. The molecule has 0 amide bonds. The van der Waals surface area contributed by atoms with E-state index in [2.05, 4.69) is 46.4 Å². The summed E-state index contributed by atoms with van der Waals surface area (Å²) in [6, 6.07) is 9.50. The van der Waals surface area contributed by atoms with Crippen molar-refractivity contribution < 1.29 is 0 Å². The SMILES string of the molecule is CCCN(Cc1ccc(-n2ccnc2)cc1)C1CNC1. The molecule has 106 valence electrons. The van der Waals surface area contributed by atoms with Gasteiger partial charge in [-0.1, -0.05) is 19.1 Å². The van der Waals surface area contributed by atoms with Crippen LogP contribution in [0.15, 0.2) is 43.0 Å². The van der Waals surface area contributed by atoms with Crippen molar-refractivity contribution in [1.29, 1.82) is 0 Å². The van der Waals surface area contributed by atoms with Gasteiger partial charge in [-0.15, -0.1) is 0 Å². The standard InChI is InChI=1S/C16H22N4/c1-2-8-19(16-10-18-11-16)12-14-3-5-15(6-4-14)20-9-7-17-13-20/h3-7,9,13,16,18H,2,8,10-12H2,1H3. The van der Waals surface area contributed by atoms with Gasteiger partial charge in [-0.2, -0.15) is 0 Å². The zero-order chi connectivity index (χ0) is 13.8. The summed E-state index contributed by atoms with van der Waals surface area (Å²) in [5.41, 5.74) is 2.55. The Hall–Kier alpha value is -1.65. The quantitative estimate of drug-likeness (QED) is 0.872. The molecule has 0 atom stereocenters. The smallest absolute Gasteiger partial charge is 0.0991 e. The van der Waals surface area contributed by atoms with Crippen molar-refractivity contribution in [3.63, 3.8) is 0 Å². The van der Waals surface area contributed by atoms with Crippen molar-refractivity contribution in [3.05, 3.63) is 48.5 Å². The van der Waals surface area contributed by atoms with Gasteiger partial charge in [0, 0.05) is 43.8 Å². The number of aromatic nitrogens is 2. The Morgan fingerprint density at radius 1 is 1.30 bits per heavy atom. The lowest BCUT2D eigenvalue weighted by Gasteiger charge is -2.38. The minimum atomic E-state index is 0.711. The molecule has 4 nitrogen and oxygen atoms in total. The molecule has 1 fully saturated rings. The van der Waals surface area contributed by atoms with Gasteiger partial charge in [-0.3, -0.25) is 4.90 Å². The first-order valence-electron chi connectivity index (χ1n) is 7.39. The van der Waals surface area contributed by atoms with Crippen molar-refractivity contribution in [2.24, 2.45) is 0 Å². The van der Waals surface area contributed by atoms with E-state index < -0.39 is 0 Å². The lowest BCUT2D eigenvalue weighted by Crippen LogP contribution is -2.56. The van der Waals surface area contributed by atoms with Crippen LogP contribution in [0.4, 0.5) is 0 Å². The molecule has 1 aromatic carbocycles. The fourth-order valence-corrected chi connectivity index (χ4v) is 2.63. The molecule has 4 heteroatoms.